The summed E-state index contributed by atoms with van der Waals surface area (Å²) in [7, 11) is 1.59. The Hall–Kier alpha value is -4.90. The van der Waals surface area contributed by atoms with Gasteiger partial charge in [-0.25, -0.2) is 5.01 Å². The SMILES string of the molecule is CCOc1cc(C2=NN(C(=O)CO/N=C/c3cccc(NN=C(C#N)C#N)c3)CCC2)ccc1OC. The highest BCUT2D eigenvalue weighted by Crippen LogP contribution is 2.29. The minimum atomic E-state index is -0.312. The molecule has 3 rings (SSSR count). The van der Waals surface area contributed by atoms with E-state index in [1.807, 2.05) is 25.1 Å². The fourth-order valence-corrected chi connectivity index (χ4v) is 3.30. The Kier molecular flexibility index (Phi) is 9.36. The molecule has 1 heterocycles. The van der Waals surface area contributed by atoms with Crippen LogP contribution in [-0.4, -0.2) is 55.4 Å². The van der Waals surface area contributed by atoms with Gasteiger partial charge in [0.1, 0.15) is 12.1 Å². The Morgan fingerprint density at radius 2 is 2.06 bits per heavy atom. The molecule has 0 saturated carbocycles. The van der Waals surface area contributed by atoms with Crippen LogP contribution < -0.4 is 14.9 Å². The van der Waals surface area contributed by atoms with Crippen molar-refractivity contribution < 1.29 is 19.1 Å². The maximum atomic E-state index is 12.6. The van der Waals surface area contributed by atoms with Gasteiger partial charge in [-0.1, -0.05) is 17.3 Å². The molecule has 1 aliphatic rings. The van der Waals surface area contributed by atoms with E-state index in [1.165, 1.54) is 11.2 Å². The van der Waals surface area contributed by atoms with Crippen molar-refractivity contribution in [3.63, 3.8) is 0 Å². The number of amides is 1. The number of rotatable bonds is 10. The molecule has 184 valence electrons. The number of carbonyl (C=O) groups is 1. The van der Waals surface area contributed by atoms with Crippen LogP contribution in [0.2, 0.25) is 0 Å². The fourth-order valence-electron chi connectivity index (χ4n) is 3.30. The molecule has 0 bridgehead atoms. The number of nitrogens with zero attached hydrogens (tertiary/aromatic N) is 6. The van der Waals surface area contributed by atoms with E-state index in [9.17, 15) is 4.79 Å². The molecule has 0 radical (unpaired) electrons. The molecule has 36 heavy (non-hydrogen) atoms. The van der Waals surface area contributed by atoms with Crippen LogP contribution in [0, 0.1) is 22.7 Å². The maximum Gasteiger partial charge on any atom is 0.283 e. The molecule has 11 nitrogen and oxygen atoms in total. The zero-order valence-corrected chi connectivity index (χ0v) is 20.0. The van der Waals surface area contributed by atoms with Gasteiger partial charge in [0.15, 0.2) is 18.1 Å². The van der Waals surface area contributed by atoms with Gasteiger partial charge >= 0.3 is 0 Å². The monoisotopic (exact) mass is 487 g/mol. The van der Waals surface area contributed by atoms with E-state index >= 15 is 0 Å². The van der Waals surface area contributed by atoms with Crippen molar-refractivity contribution in [2.24, 2.45) is 15.4 Å². The molecule has 1 aliphatic heterocycles. The summed E-state index contributed by atoms with van der Waals surface area (Å²) in [6.45, 7) is 2.63. The maximum absolute atomic E-state index is 12.6. The second-order valence-electron chi connectivity index (χ2n) is 7.40. The second kappa shape index (κ2) is 13.1. The van der Waals surface area contributed by atoms with Gasteiger partial charge < -0.3 is 14.3 Å². The number of ether oxygens (including phenoxy) is 2. The molecule has 1 amide bonds. The van der Waals surface area contributed by atoms with Crippen LogP contribution in [0.15, 0.2) is 57.8 Å². The summed E-state index contributed by atoms with van der Waals surface area (Å²) in [4.78, 5) is 17.8. The van der Waals surface area contributed by atoms with Crippen LogP contribution in [0.4, 0.5) is 5.69 Å². The summed E-state index contributed by atoms with van der Waals surface area (Å²) < 4.78 is 11.0. The number of nitriles is 2. The zero-order valence-electron chi connectivity index (χ0n) is 20.0. The normalized spacial score (nSPS) is 12.7. The first-order chi connectivity index (χ1) is 17.6. The van der Waals surface area contributed by atoms with Crippen molar-refractivity contribution >= 4 is 29.2 Å². The molecule has 0 fully saturated rings. The fraction of sp³-hybridized carbons (Fsp3) is 0.280. The summed E-state index contributed by atoms with van der Waals surface area (Å²) >= 11 is 0. The number of hydrogen-bond donors (Lipinski definition) is 1. The number of hydrazone groups is 2. The van der Waals surface area contributed by atoms with Crippen molar-refractivity contribution in [2.45, 2.75) is 19.8 Å². The number of oxime groups is 1. The molecule has 0 unspecified atom stereocenters. The molecule has 0 aromatic heterocycles. The minimum Gasteiger partial charge on any atom is -0.493 e. The van der Waals surface area contributed by atoms with Crippen LogP contribution in [-0.2, 0) is 9.63 Å². The summed E-state index contributed by atoms with van der Waals surface area (Å²) in [6, 6.07) is 15.8. The van der Waals surface area contributed by atoms with Gasteiger partial charge in [-0.05, 0) is 55.7 Å². The third-order valence-corrected chi connectivity index (χ3v) is 4.97. The molecular weight excluding hydrogens is 462 g/mol. The third kappa shape index (κ3) is 7.05. The van der Waals surface area contributed by atoms with Gasteiger partial charge in [-0.2, -0.15) is 20.7 Å². The number of methoxy groups -OCH3 is 1. The molecule has 0 saturated heterocycles. The Labute approximate surface area is 208 Å². The molecule has 2 aromatic rings. The highest BCUT2D eigenvalue weighted by atomic mass is 16.6. The van der Waals surface area contributed by atoms with Crippen LogP contribution in [0.1, 0.15) is 30.9 Å². The number of hydrogen-bond acceptors (Lipinski definition) is 10. The largest absolute Gasteiger partial charge is 0.493 e. The summed E-state index contributed by atoms with van der Waals surface area (Å²) in [5.41, 5.74) is 5.20. The van der Waals surface area contributed by atoms with Gasteiger partial charge in [0, 0.05) is 12.1 Å². The van der Waals surface area contributed by atoms with Crippen molar-refractivity contribution in [1.29, 1.82) is 10.5 Å². The Morgan fingerprint density at radius 3 is 2.81 bits per heavy atom. The van der Waals surface area contributed by atoms with Gasteiger partial charge in [-0.15, -0.1) is 0 Å². The van der Waals surface area contributed by atoms with Gasteiger partial charge in [0.05, 0.1) is 31.3 Å². The lowest BCUT2D eigenvalue weighted by molar-refractivity contribution is -0.136. The van der Waals surface area contributed by atoms with Crippen LogP contribution in [0.3, 0.4) is 0 Å². The van der Waals surface area contributed by atoms with Crippen molar-refractivity contribution in [3.05, 3.63) is 53.6 Å². The number of carbonyl (C=O) groups excluding carboxylic acids is 1. The van der Waals surface area contributed by atoms with Gasteiger partial charge in [0.2, 0.25) is 5.71 Å². The number of nitrogens with one attached hydrogen (secondary N) is 1. The quantitative estimate of drug-likeness (QED) is 0.400. The second-order valence-corrected chi connectivity index (χ2v) is 7.40. The lowest BCUT2D eigenvalue weighted by Gasteiger charge is -2.23. The summed E-state index contributed by atoms with van der Waals surface area (Å²) in [5, 5.41) is 30.9. The topological polar surface area (TPSA) is 145 Å². The molecular formula is C25H25N7O4. The van der Waals surface area contributed by atoms with E-state index in [1.54, 1.807) is 43.5 Å². The van der Waals surface area contributed by atoms with E-state index in [0.717, 1.165) is 24.1 Å². The van der Waals surface area contributed by atoms with Gasteiger partial charge in [-0.3, -0.25) is 10.2 Å². The van der Waals surface area contributed by atoms with E-state index in [0.29, 0.717) is 35.9 Å². The zero-order chi connectivity index (χ0) is 25.8. The van der Waals surface area contributed by atoms with Crippen molar-refractivity contribution in [3.8, 4) is 23.6 Å². The van der Waals surface area contributed by atoms with E-state index in [-0.39, 0.29) is 18.2 Å². The first-order valence-corrected chi connectivity index (χ1v) is 11.2. The van der Waals surface area contributed by atoms with E-state index in [2.05, 4.69) is 20.8 Å². The third-order valence-electron chi connectivity index (χ3n) is 4.97. The predicted octanol–water partition coefficient (Wildman–Crippen LogP) is 3.29. The predicted molar refractivity (Wildman–Crippen MR) is 134 cm³/mol. The average molecular weight is 488 g/mol. The molecule has 0 atom stereocenters. The van der Waals surface area contributed by atoms with Crippen LogP contribution >= 0.6 is 0 Å². The minimum absolute atomic E-state index is 0.268. The molecule has 11 heteroatoms. The van der Waals surface area contributed by atoms with E-state index < -0.39 is 0 Å². The Balaban J connectivity index is 1.59. The Bertz CT molecular complexity index is 1240. The number of benzene rings is 2. The lowest BCUT2D eigenvalue weighted by Crippen LogP contribution is -2.34. The smallest absolute Gasteiger partial charge is 0.283 e. The average Bonchev–Trinajstić information content (AvgIpc) is 2.92. The van der Waals surface area contributed by atoms with Crippen LogP contribution in [0.25, 0.3) is 0 Å². The lowest BCUT2D eigenvalue weighted by atomic mass is 10.0. The summed E-state index contributed by atoms with van der Waals surface area (Å²) in [6.07, 6.45) is 2.94. The van der Waals surface area contributed by atoms with Crippen LogP contribution in [0.5, 0.6) is 11.5 Å². The molecule has 0 spiro atoms. The molecule has 1 N–H and O–H groups in total. The standard InChI is InChI=1S/C25H25N7O4/c1-3-35-24-13-19(9-10-23(24)34-2)22-8-5-11-32(31-22)25(33)17-36-28-16-18-6-4-7-20(12-18)29-30-21(14-26)15-27/h4,6-7,9-10,12-13,16,29H,3,5,8,11,17H2,1-2H3/b28-16+. The first-order valence-electron chi connectivity index (χ1n) is 11.2. The van der Waals surface area contributed by atoms with Crippen molar-refractivity contribution in [1.82, 2.24) is 5.01 Å². The molecule has 0 aliphatic carbocycles. The highest BCUT2D eigenvalue weighted by Gasteiger charge is 2.20. The van der Waals surface area contributed by atoms with Gasteiger partial charge in [0.25, 0.3) is 5.91 Å². The molecule has 2 aromatic carbocycles. The van der Waals surface area contributed by atoms with E-state index in [4.69, 9.17) is 24.8 Å². The highest BCUT2D eigenvalue weighted by molar-refractivity contribution is 6.10. The first kappa shape index (κ1) is 25.7. The summed E-state index contributed by atoms with van der Waals surface area (Å²) in [5.74, 6) is 0.954. The number of anilines is 1. The van der Waals surface area contributed by atoms with Crippen molar-refractivity contribution in [2.75, 3.05) is 32.3 Å². The Morgan fingerprint density at radius 1 is 1.22 bits per heavy atom.